The van der Waals surface area contributed by atoms with Gasteiger partial charge in [0.15, 0.2) is 0 Å². The molecule has 2 rings (SSSR count). The minimum absolute atomic E-state index is 0.0120. The van der Waals surface area contributed by atoms with E-state index in [2.05, 4.69) is 17.3 Å². The normalized spacial score (nSPS) is 20.0. The number of methoxy groups -OCH3 is 1. The summed E-state index contributed by atoms with van der Waals surface area (Å²) < 4.78 is 13.4. The first-order chi connectivity index (χ1) is 9.68. The monoisotopic (exact) mass is 301 g/mol. The molecule has 1 aliphatic rings. The van der Waals surface area contributed by atoms with Crippen LogP contribution in [0.1, 0.15) is 37.9 Å². The molecule has 114 valence electrons. The van der Waals surface area contributed by atoms with Crippen molar-refractivity contribution in [3.63, 3.8) is 0 Å². The molecule has 0 amide bonds. The molecule has 1 saturated heterocycles. The van der Waals surface area contributed by atoms with Gasteiger partial charge in [-0.1, -0.05) is 18.5 Å². The number of hydrogen-bond acceptors (Lipinski definition) is 4. The van der Waals surface area contributed by atoms with Gasteiger partial charge in [-0.15, -0.1) is 0 Å². The van der Waals surface area contributed by atoms with Gasteiger partial charge >= 0.3 is 0 Å². The third kappa shape index (κ3) is 2.86. The van der Waals surface area contributed by atoms with Gasteiger partial charge in [-0.25, -0.2) is 0 Å². The van der Waals surface area contributed by atoms with E-state index in [-0.39, 0.29) is 11.6 Å². The lowest BCUT2D eigenvalue weighted by Crippen LogP contribution is -2.49. The Morgan fingerprint density at radius 1 is 1.55 bits per heavy atom. The number of hydrogen-bond donors (Lipinski definition) is 1. The van der Waals surface area contributed by atoms with E-state index in [1.807, 2.05) is 11.7 Å². The van der Waals surface area contributed by atoms with Gasteiger partial charge in [-0.05, 0) is 13.5 Å². The number of ether oxygens (including phenoxy) is 2. The Morgan fingerprint density at radius 3 is 2.80 bits per heavy atom. The van der Waals surface area contributed by atoms with Crippen LogP contribution in [0.4, 0.5) is 0 Å². The molecular formula is C14H24ClN3O2. The van der Waals surface area contributed by atoms with E-state index in [0.29, 0.717) is 18.2 Å². The standard InChI is InChI=1S/C14H24ClN3O2/c1-4-7-18-12(11(15)10-17-18)13(16-2)14(19-3)5-8-20-9-6-14/h10,13,16H,4-9H2,1-3H3. The largest absolute Gasteiger partial charge is 0.381 e. The van der Waals surface area contributed by atoms with Crippen LogP contribution in [0.2, 0.25) is 5.02 Å². The summed E-state index contributed by atoms with van der Waals surface area (Å²) in [5.41, 5.74) is 0.724. The Balaban J connectivity index is 2.37. The Hall–Kier alpha value is -0.620. The minimum atomic E-state index is -0.290. The summed E-state index contributed by atoms with van der Waals surface area (Å²) in [7, 11) is 3.71. The summed E-state index contributed by atoms with van der Waals surface area (Å²) in [5, 5.41) is 8.47. The smallest absolute Gasteiger partial charge is 0.0932 e. The molecule has 1 aliphatic heterocycles. The number of halogens is 1. The molecule has 2 heterocycles. The number of rotatable bonds is 6. The van der Waals surface area contributed by atoms with E-state index in [1.165, 1.54) is 0 Å². The van der Waals surface area contributed by atoms with Gasteiger partial charge in [0, 0.05) is 39.7 Å². The molecule has 1 N–H and O–H groups in total. The molecule has 0 aliphatic carbocycles. The lowest BCUT2D eigenvalue weighted by atomic mass is 9.84. The molecule has 0 aromatic carbocycles. The molecule has 0 spiro atoms. The molecular weight excluding hydrogens is 278 g/mol. The Morgan fingerprint density at radius 2 is 2.25 bits per heavy atom. The van der Waals surface area contributed by atoms with Gasteiger partial charge in [-0.2, -0.15) is 5.10 Å². The molecule has 1 aromatic rings. The van der Waals surface area contributed by atoms with Gasteiger partial charge in [0.2, 0.25) is 0 Å². The molecule has 5 nitrogen and oxygen atoms in total. The highest BCUT2D eigenvalue weighted by Gasteiger charge is 2.43. The van der Waals surface area contributed by atoms with Crippen LogP contribution in [0.15, 0.2) is 6.20 Å². The zero-order valence-electron chi connectivity index (χ0n) is 12.5. The second kappa shape index (κ2) is 6.89. The van der Waals surface area contributed by atoms with Crippen molar-refractivity contribution >= 4 is 11.6 Å². The Bertz CT molecular complexity index is 430. The second-order valence-electron chi connectivity index (χ2n) is 5.20. The predicted molar refractivity (Wildman–Crippen MR) is 79.1 cm³/mol. The maximum atomic E-state index is 6.38. The SMILES string of the molecule is CCCn1ncc(Cl)c1C(NC)C1(OC)CCOCC1. The van der Waals surface area contributed by atoms with Crippen LogP contribution in [-0.4, -0.2) is 42.8 Å². The van der Waals surface area contributed by atoms with E-state index in [4.69, 9.17) is 21.1 Å². The number of likely N-dealkylation sites (N-methyl/N-ethyl adjacent to an activating group) is 1. The third-order valence-electron chi connectivity index (χ3n) is 4.10. The average molecular weight is 302 g/mol. The van der Waals surface area contributed by atoms with Crippen LogP contribution in [0, 0.1) is 0 Å². The van der Waals surface area contributed by atoms with Crippen LogP contribution in [0.3, 0.4) is 0 Å². The van der Waals surface area contributed by atoms with Gasteiger partial charge in [0.25, 0.3) is 0 Å². The first-order valence-corrected chi connectivity index (χ1v) is 7.57. The van der Waals surface area contributed by atoms with E-state index < -0.39 is 0 Å². The Labute approximate surface area is 125 Å². The predicted octanol–water partition coefficient (Wildman–Crippen LogP) is 2.40. The van der Waals surface area contributed by atoms with Gasteiger partial charge < -0.3 is 14.8 Å². The second-order valence-corrected chi connectivity index (χ2v) is 5.61. The zero-order chi connectivity index (χ0) is 14.6. The van der Waals surface area contributed by atoms with E-state index in [1.54, 1.807) is 13.3 Å². The summed E-state index contributed by atoms with van der Waals surface area (Å²) in [6.45, 7) is 4.42. The van der Waals surface area contributed by atoms with Crippen molar-refractivity contribution in [2.24, 2.45) is 0 Å². The van der Waals surface area contributed by atoms with Crippen molar-refractivity contribution < 1.29 is 9.47 Å². The van der Waals surface area contributed by atoms with E-state index >= 15 is 0 Å². The number of aromatic nitrogens is 2. The van der Waals surface area contributed by atoms with Crippen molar-refractivity contribution in [1.82, 2.24) is 15.1 Å². The van der Waals surface area contributed by atoms with Gasteiger partial charge in [0.05, 0.1) is 28.6 Å². The maximum absolute atomic E-state index is 6.38. The molecule has 0 bridgehead atoms. The number of nitrogens with zero attached hydrogens (tertiary/aromatic N) is 2. The third-order valence-corrected chi connectivity index (χ3v) is 4.39. The molecule has 1 aromatic heterocycles. The summed E-state index contributed by atoms with van der Waals surface area (Å²) >= 11 is 6.38. The molecule has 0 radical (unpaired) electrons. The van der Waals surface area contributed by atoms with Crippen molar-refractivity contribution in [3.8, 4) is 0 Å². The van der Waals surface area contributed by atoms with E-state index in [9.17, 15) is 0 Å². The highest BCUT2D eigenvalue weighted by atomic mass is 35.5. The average Bonchev–Trinajstić information content (AvgIpc) is 2.83. The van der Waals surface area contributed by atoms with Crippen molar-refractivity contribution in [2.45, 2.75) is 44.4 Å². The Kier molecular flexibility index (Phi) is 5.43. The highest BCUT2D eigenvalue weighted by molar-refractivity contribution is 6.31. The lowest BCUT2D eigenvalue weighted by Gasteiger charge is -2.42. The van der Waals surface area contributed by atoms with Crippen LogP contribution in [-0.2, 0) is 16.0 Å². The van der Waals surface area contributed by atoms with Crippen LogP contribution < -0.4 is 5.32 Å². The summed E-state index contributed by atoms with van der Waals surface area (Å²) in [5.74, 6) is 0. The molecule has 1 fully saturated rings. The highest BCUT2D eigenvalue weighted by Crippen LogP contribution is 2.39. The van der Waals surface area contributed by atoms with Crippen LogP contribution in [0.5, 0.6) is 0 Å². The summed E-state index contributed by atoms with van der Waals surface area (Å²) in [6.07, 6.45) is 4.44. The zero-order valence-corrected chi connectivity index (χ0v) is 13.2. The number of aryl methyl sites for hydroxylation is 1. The van der Waals surface area contributed by atoms with Gasteiger partial charge in [0.1, 0.15) is 0 Å². The quantitative estimate of drug-likeness (QED) is 0.876. The van der Waals surface area contributed by atoms with Crippen molar-refractivity contribution in [3.05, 3.63) is 16.9 Å². The fourth-order valence-electron chi connectivity index (χ4n) is 3.03. The first-order valence-electron chi connectivity index (χ1n) is 7.20. The van der Waals surface area contributed by atoms with Crippen LogP contribution in [0.25, 0.3) is 0 Å². The molecule has 20 heavy (non-hydrogen) atoms. The summed E-state index contributed by atoms with van der Waals surface area (Å²) in [6, 6.07) is 0.0120. The molecule has 6 heteroatoms. The molecule has 1 atom stereocenters. The minimum Gasteiger partial charge on any atom is -0.381 e. The van der Waals surface area contributed by atoms with E-state index in [0.717, 1.165) is 31.5 Å². The summed E-state index contributed by atoms with van der Waals surface area (Å²) in [4.78, 5) is 0. The van der Waals surface area contributed by atoms with Crippen molar-refractivity contribution in [1.29, 1.82) is 0 Å². The van der Waals surface area contributed by atoms with Crippen molar-refractivity contribution in [2.75, 3.05) is 27.4 Å². The fraction of sp³-hybridized carbons (Fsp3) is 0.786. The lowest BCUT2D eigenvalue weighted by molar-refractivity contribution is -0.111. The molecule has 0 saturated carbocycles. The topological polar surface area (TPSA) is 48.3 Å². The number of nitrogens with one attached hydrogen (secondary N) is 1. The maximum Gasteiger partial charge on any atom is 0.0932 e. The molecule has 1 unspecified atom stereocenters. The fourth-order valence-corrected chi connectivity index (χ4v) is 3.28. The first kappa shape index (κ1) is 15.8. The van der Waals surface area contributed by atoms with Gasteiger partial charge in [-0.3, -0.25) is 4.68 Å². The van der Waals surface area contributed by atoms with Crippen LogP contribution >= 0.6 is 11.6 Å².